The number of carbonyl (C=O) groups is 1. The lowest BCUT2D eigenvalue weighted by molar-refractivity contribution is 0.0569. The highest BCUT2D eigenvalue weighted by Crippen LogP contribution is 2.29. The molecule has 0 spiro atoms. The van der Waals surface area contributed by atoms with Crippen LogP contribution < -0.4 is 4.90 Å². The summed E-state index contributed by atoms with van der Waals surface area (Å²) in [7, 11) is 3.95. The molecule has 0 unspecified atom stereocenters. The van der Waals surface area contributed by atoms with E-state index < -0.39 is 0 Å². The van der Waals surface area contributed by atoms with Gasteiger partial charge in [0.2, 0.25) is 11.7 Å². The Morgan fingerprint density at radius 2 is 1.81 bits per heavy atom. The van der Waals surface area contributed by atoms with Crippen molar-refractivity contribution >= 4 is 11.6 Å². The minimum atomic E-state index is 0.0282. The molecule has 2 aromatic heterocycles. The van der Waals surface area contributed by atoms with Gasteiger partial charge in [0.15, 0.2) is 0 Å². The van der Waals surface area contributed by atoms with Crippen LogP contribution in [0, 0.1) is 0 Å². The van der Waals surface area contributed by atoms with Gasteiger partial charge in [-0.05, 0) is 36.4 Å². The van der Waals surface area contributed by atoms with Crippen LogP contribution in [0.15, 0.2) is 53.3 Å². The number of aromatic nitrogens is 3. The number of anilines is 1. The Bertz CT molecular complexity index is 899. The first-order valence-electron chi connectivity index (χ1n) is 8.42. The quantitative estimate of drug-likeness (QED) is 0.720. The van der Waals surface area contributed by atoms with Crippen LogP contribution in [0.1, 0.15) is 22.2 Å². The van der Waals surface area contributed by atoms with Gasteiger partial charge in [-0.25, -0.2) is 0 Å². The smallest absolute Gasteiger partial charge is 0.253 e. The zero-order valence-electron chi connectivity index (χ0n) is 14.7. The van der Waals surface area contributed by atoms with E-state index in [1.165, 1.54) is 0 Å². The van der Waals surface area contributed by atoms with Gasteiger partial charge in [-0.1, -0.05) is 5.16 Å². The molecule has 4 rings (SSSR count). The third-order valence-electron chi connectivity index (χ3n) is 4.53. The van der Waals surface area contributed by atoms with Crippen molar-refractivity contribution in [2.75, 3.05) is 32.1 Å². The average Bonchev–Trinajstić information content (AvgIpc) is 3.11. The Morgan fingerprint density at radius 1 is 1.12 bits per heavy atom. The highest BCUT2D eigenvalue weighted by molar-refractivity contribution is 5.95. The molecule has 132 valence electrons. The summed E-state index contributed by atoms with van der Waals surface area (Å²) in [6.45, 7) is 1.18. The van der Waals surface area contributed by atoms with Crippen molar-refractivity contribution in [3.05, 3.63) is 60.2 Å². The maximum absolute atomic E-state index is 12.6. The maximum Gasteiger partial charge on any atom is 0.253 e. The summed E-state index contributed by atoms with van der Waals surface area (Å²) in [5.74, 6) is 1.23. The largest absolute Gasteiger partial charge is 0.378 e. The van der Waals surface area contributed by atoms with Gasteiger partial charge < -0.3 is 14.3 Å². The van der Waals surface area contributed by atoms with Gasteiger partial charge in [-0.3, -0.25) is 9.78 Å². The van der Waals surface area contributed by atoms with E-state index in [2.05, 4.69) is 15.1 Å². The first kappa shape index (κ1) is 16.3. The highest BCUT2D eigenvalue weighted by atomic mass is 16.5. The zero-order chi connectivity index (χ0) is 18.1. The van der Waals surface area contributed by atoms with Gasteiger partial charge >= 0.3 is 0 Å². The van der Waals surface area contributed by atoms with E-state index in [0.29, 0.717) is 30.4 Å². The summed E-state index contributed by atoms with van der Waals surface area (Å²) in [6.07, 6.45) is 3.38. The summed E-state index contributed by atoms with van der Waals surface area (Å²) in [6, 6.07) is 11.3. The molecule has 0 atom stereocenters. The molecule has 1 aromatic carbocycles. The topological polar surface area (TPSA) is 75.4 Å². The van der Waals surface area contributed by atoms with E-state index >= 15 is 0 Å². The van der Waals surface area contributed by atoms with Gasteiger partial charge in [0.05, 0.1) is 5.92 Å². The second-order valence-corrected chi connectivity index (χ2v) is 6.54. The number of nitrogens with zero attached hydrogens (tertiary/aromatic N) is 5. The van der Waals surface area contributed by atoms with Crippen molar-refractivity contribution in [2.45, 2.75) is 5.92 Å². The fourth-order valence-corrected chi connectivity index (χ4v) is 2.90. The van der Waals surface area contributed by atoms with Crippen LogP contribution in [-0.4, -0.2) is 53.1 Å². The Morgan fingerprint density at radius 3 is 2.46 bits per heavy atom. The van der Waals surface area contributed by atoms with Crippen molar-refractivity contribution in [1.29, 1.82) is 0 Å². The number of likely N-dealkylation sites (tertiary alicyclic amines) is 1. The van der Waals surface area contributed by atoms with E-state index in [-0.39, 0.29) is 11.8 Å². The maximum atomic E-state index is 12.6. The minimum absolute atomic E-state index is 0.0282. The molecule has 0 aliphatic carbocycles. The number of benzene rings is 1. The number of amides is 1. The molecule has 0 N–H and O–H groups in total. The first-order valence-corrected chi connectivity index (χ1v) is 8.42. The van der Waals surface area contributed by atoms with E-state index in [9.17, 15) is 4.79 Å². The predicted molar refractivity (Wildman–Crippen MR) is 96.9 cm³/mol. The minimum Gasteiger partial charge on any atom is -0.378 e. The second kappa shape index (κ2) is 6.59. The predicted octanol–water partition coefficient (Wildman–Crippen LogP) is 2.44. The van der Waals surface area contributed by atoms with E-state index in [4.69, 9.17) is 4.52 Å². The molecular weight excluding hydrogens is 330 g/mol. The lowest BCUT2D eigenvalue weighted by atomic mass is 9.98. The van der Waals surface area contributed by atoms with Crippen LogP contribution in [0.5, 0.6) is 0 Å². The van der Waals surface area contributed by atoms with Crippen molar-refractivity contribution in [3.63, 3.8) is 0 Å². The highest BCUT2D eigenvalue weighted by Gasteiger charge is 2.36. The second-order valence-electron chi connectivity index (χ2n) is 6.54. The number of rotatable bonds is 4. The molecular formula is C19H19N5O2. The van der Waals surface area contributed by atoms with Gasteiger partial charge in [0.1, 0.15) is 0 Å². The lowest BCUT2D eigenvalue weighted by Crippen LogP contribution is -2.48. The van der Waals surface area contributed by atoms with Crippen molar-refractivity contribution in [3.8, 4) is 11.4 Å². The number of hydrogen-bond donors (Lipinski definition) is 0. The number of pyridine rings is 1. The third kappa shape index (κ3) is 3.03. The lowest BCUT2D eigenvalue weighted by Gasteiger charge is -2.37. The Balaban J connectivity index is 1.39. The molecule has 3 heterocycles. The molecule has 7 heteroatoms. The van der Waals surface area contributed by atoms with E-state index in [1.54, 1.807) is 17.3 Å². The summed E-state index contributed by atoms with van der Waals surface area (Å²) < 4.78 is 5.37. The van der Waals surface area contributed by atoms with Gasteiger partial charge in [0.25, 0.3) is 5.91 Å². The molecule has 0 bridgehead atoms. The molecule has 1 aliphatic heterocycles. The fraction of sp³-hybridized carbons (Fsp3) is 0.263. The molecule has 26 heavy (non-hydrogen) atoms. The summed E-state index contributed by atoms with van der Waals surface area (Å²) in [5.41, 5.74) is 2.62. The summed E-state index contributed by atoms with van der Waals surface area (Å²) in [4.78, 5) is 24.8. The van der Waals surface area contributed by atoms with Crippen LogP contribution in [0.3, 0.4) is 0 Å². The molecule has 1 saturated heterocycles. The Kier molecular flexibility index (Phi) is 4.12. The summed E-state index contributed by atoms with van der Waals surface area (Å²) >= 11 is 0. The normalized spacial score (nSPS) is 14.2. The zero-order valence-corrected chi connectivity index (χ0v) is 14.7. The van der Waals surface area contributed by atoms with Crippen molar-refractivity contribution in [2.24, 2.45) is 0 Å². The van der Waals surface area contributed by atoms with Gasteiger partial charge in [-0.15, -0.1) is 0 Å². The molecule has 3 aromatic rings. The third-order valence-corrected chi connectivity index (χ3v) is 4.53. The van der Waals surface area contributed by atoms with E-state index in [0.717, 1.165) is 11.3 Å². The Labute approximate surface area is 151 Å². The van der Waals surface area contributed by atoms with Crippen LogP contribution in [0.25, 0.3) is 11.4 Å². The molecule has 1 aliphatic rings. The van der Waals surface area contributed by atoms with Gasteiger partial charge in [0, 0.05) is 56.4 Å². The molecule has 1 amide bonds. The average molecular weight is 349 g/mol. The van der Waals surface area contributed by atoms with Crippen LogP contribution in [0.4, 0.5) is 5.69 Å². The van der Waals surface area contributed by atoms with Crippen molar-refractivity contribution in [1.82, 2.24) is 20.0 Å². The van der Waals surface area contributed by atoms with Crippen LogP contribution in [0.2, 0.25) is 0 Å². The molecule has 1 fully saturated rings. The standard InChI is InChI=1S/C19H19N5O2/c1-23(2)16-5-3-14(4-6-16)19(25)24-11-15(12-24)18-21-17(22-26-18)13-7-9-20-10-8-13/h3-10,15H,11-12H2,1-2H3. The number of carbonyl (C=O) groups excluding carboxylic acids is 1. The molecule has 7 nitrogen and oxygen atoms in total. The van der Waals surface area contributed by atoms with Crippen LogP contribution in [-0.2, 0) is 0 Å². The molecule has 0 saturated carbocycles. The van der Waals surface area contributed by atoms with E-state index in [1.807, 2.05) is 55.4 Å². The fourth-order valence-electron chi connectivity index (χ4n) is 2.90. The SMILES string of the molecule is CN(C)c1ccc(C(=O)N2CC(c3nc(-c4ccncc4)no3)C2)cc1. The van der Waals surface area contributed by atoms with Gasteiger partial charge in [-0.2, -0.15) is 4.98 Å². The van der Waals surface area contributed by atoms with Crippen molar-refractivity contribution < 1.29 is 9.32 Å². The molecule has 0 radical (unpaired) electrons. The Hall–Kier alpha value is -3.22. The number of hydrogen-bond acceptors (Lipinski definition) is 6. The first-order chi connectivity index (χ1) is 12.6. The summed E-state index contributed by atoms with van der Waals surface area (Å²) in [5, 5.41) is 4.02. The monoisotopic (exact) mass is 349 g/mol. The van der Waals surface area contributed by atoms with Crippen LogP contribution >= 0.6 is 0 Å².